The van der Waals surface area contributed by atoms with Crippen LogP contribution in [0.3, 0.4) is 0 Å². The van der Waals surface area contributed by atoms with E-state index in [4.69, 9.17) is 5.73 Å². The third-order valence-electron chi connectivity index (χ3n) is 3.21. The van der Waals surface area contributed by atoms with Crippen molar-refractivity contribution >= 4 is 11.3 Å². The minimum atomic E-state index is 0.164. The summed E-state index contributed by atoms with van der Waals surface area (Å²) in [7, 11) is 0. The van der Waals surface area contributed by atoms with Crippen LogP contribution in [0.25, 0.3) is 0 Å². The van der Waals surface area contributed by atoms with Crippen LogP contribution in [0.1, 0.15) is 55.4 Å². The highest BCUT2D eigenvalue weighted by Gasteiger charge is 2.07. The van der Waals surface area contributed by atoms with Gasteiger partial charge < -0.3 is 10.3 Å². The van der Waals surface area contributed by atoms with Crippen LogP contribution < -0.4 is 5.73 Å². The summed E-state index contributed by atoms with van der Waals surface area (Å²) < 4.78 is 2.18. The van der Waals surface area contributed by atoms with Gasteiger partial charge in [0.1, 0.15) is 0 Å². The largest absolute Gasteiger partial charge is 0.348 e. The maximum atomic E-state index is 6.13. The van der Waals surface area contributed by atoms with Crippen molar-refractivity contribution in [3.05, 3.63) is 40.1 Å². The van der Waals surface area contributed by atoms with Crippen molar-refractivity contribution in [2.24, 2.45) is 5.73 Å². The van der Waals surface area contributed by atoms with E-state index in [1.807, 2.05) is 0 Å². The first-order valence-electron chi connectivity index (χ1n) is 7.07. The molecule has 2 rings (SSSR count). The van der Waals surface area contributed by atoms with Gasteiger partial charge >= 0.3 is 0 Å². The SMILES string of the molecule is CCCc1nc(Cn2ccc(C(N)CCC)c2)cs1. The van der Waals surface area contributed by atoms with Gasteiger partial charge in [0.05, 0.1) is 17.2 Å². The van der Waals surface area contributed by atoms with Crippen molar-refractivity contribution in [2.45, 2.75) is 52.1 Å². The van der Waals surface area contributed by atoms with Gasteiger partial charge in [0.25, 0.3) is 0 Å². The van der Waals surface area contributed by atoms with Gasteiger partial charge in [0, 0.05) is 23.8 Å². The summed E-state index contributed by atoms with van der Waals surface area (Å²) in [6, 6.07) is 2.29. The van der Waals surface area contributed by atoms with E-state index in [1.54, 1.807) is 11.3 Å². The first-order valence-corrected chi connectivity index (χ1v) is 7.95. The van der Waals surface area contributed by atoms with E-state index in [-0.39, 0.29) is 6.04 Å². The number of aromatic nitrogens is 2. The smallest absolute Gasteiger partial charge is 0.0928 e. The molecule has 4 heteroatoms. The lowest BCUT2D eigenvalue weighted by Crippen LogP contribution is -2.08. The minimum Gasteiger partial charge on any atom is -0.348 e. The molecule has 0 fully saturated rings. The number of nitrogens with two attached hydrogens (primary N) is 1. The number of rotatable bonds is 7. The second-order valence-corrected chi connectivity index (χ2v) is 5.94. The normalized spacial score (nSPS) is 12.8. The topological polar surface area (TPSA) is 43.8 Å². The van der Waals surface area contributed by atoms with Gasteiger partial charge in [-0.3, -0.25) is 0 Å². The summed E-state index contributed by atoms with van der Waals surface area (Å²) >= 11 is 1.77. The molecule has 1 atom stereocenters. The molecule has 0 aliphatic heterocycles. The molecule has 3 nitrogen and oxygen atoms in total. The summed E-state index contributed by atoms with van der Waals surface area (Å²) in [5.41, 5.74) is 8.51. The molecule has 0 aromatic carbocycles. The van der Waals surface area contributed by atoms with Crippen LogP contribution in [0.4, 0.5) is 0 Å². The number of thiazole rings is 1. The zero-order valence-electron chi connectivity index (χ0n) is 11.8. The van der Waals surface area contributed by atoms with E-state index >= 15 is 0 Å². The molecule has 0 saturated carbocycles. The van der Waals surface area contributed by atoms with Crippen LogP contribution >= 0.6 is 11.3 Å². The van der Waals surface area contributed by atoms with Gasteiger partial charge in [-0.2, -0.15) is 0 Å². The molecule has 2 aromatic rings. The van der Waals surface area contributed by atoms with Crippen LogP contribution in [0.5, 0.6) is 0 Å². The molecule has 2 N–H and O–H groups in total. The zero-order valence-corrected chi connectivity index (χ0v) is 12.6. The number of aryl methyl sites for hydroxylation is 1. The third kappa shape index (κ3) is 3.91. The molecule has 0 spiro atoms. The fraction of sp³-hybridized carbons (Fsp3) is 0.533. The lowest BCUT2D eigenvalue weighted by atomic mass is 10.1. The fourth-order valence-electron chi connectivity index (χ4n) is 2.19. The average Bonchev–Trinajstić information content (AvgIpc) is 3.00. The highest BCUT2D eigenvalue weighted by molar-refractivity contribution is 7.09. The van der Waals surface area contributed by atoms with Crippen molar-refractivity contribution in [1.29, 1.82) is 0 Å². The Hall–Kier alpha value is -1.13. The third-order valence-corrected chi connectivity index (χ3v) is 4.17. The predicted molar refractivity (Wildman–Crippen MR) is 81.5 cm³/mol. The Balaban J connectivity index is 1.98. The molecule has 0 amide bonds. The molecule has 2 aromatic heterocycles. The summed E-state index contributed by atoms with van der Waals surface area (Å²) in [6.07, 6.45) is 8.67. The van der Waals surface area contributed by atoms with E-state index < -0.39 is 0 Å². The predicted octanol–water partition coefficient (Wildman–Crippen LogP) is 3.75. The second-order valence-electron chi connectivity index (χ2n) is 4.99. The summed E-state index contributed by atoms with van der Waals surface area (Å²) in [5, 5.41) is 3.41. The van der Waals surface area contributed by atoms with Gasteiger partial charge in [-0.15, -0.1) is 11.3 Å². The zero-order chi connectivity index (χ0) is 13.7. The average molecular weight is 277 g/mol. The highest BCUT2D eigenvalue weighted by atomic mass is 32.1. The van der Waals surface area contributed by atoms with E-state index in [0.717, 1.165) is 37.9 Å². The van der Waals surface area contributed by atoms with Crippen molar-refractivity contribution < 1.29 is 0 Å². The van der Waals surface area contributed by atoms with Crippen LogP contribution in [0.2, 0.25) is 0 Å². The Kier molecular flexibility index (Phi) is 5.16. The second kappa shape index (κ2) is 6.87. The Labute approximate surface area is 119 Å². The summed E-state index contributed by atoms with van der Waals surface area (Å²) in [5.74, 6) is 0. The summed E-state index contributed by atoms with van der Waals surface area (Å²) in [4.78, 5) is 4.65. The van der Waals surface area contributed by atoms with Crippen molar-refractivity contribution in [1.82, 2.24) is 9.55 Å². The Morgan fingerprint density at radius 1 is 1.37 bits per heavy atom. The quantitative estimate of drug-likeness (QED) is 0.837. The molecule has 19 heavy (non-hydrogen) atoms. The molecule has 2 heterocycles. The molecule has 0 saturated heterocycles. The first kappa shape index (κ1) is 14.3. The van der Waals surface area contributed by atoms with Crippen molar-refractivity contribution in [2.75, 3.05) is 0 Å². The van der Waals surface area contributed by atoms with Crippen LogP contribution in [-0.4, -0.2) is 9.55 Å². The van der Waals surface area contributed by atoms with Gasteiger partial charge in [-0.25, -0.2) is 4.98 Å². The van der Waals surface area contributed by atoms with Gasteiger partial charge in [-0.1, -0.05) is 20.3 Å². The van der Waals surface area contributed by atoms with Crippen LogP contribution in [0, 0.1) is 0 Å². The minimum absolute atomic E-state index is 0.164. The van der Waals surface area contributed by atoms with Gasteiger partial charge in [-0.05, 0) is 30.9 Å². The molecule has 1 unspecified atom stereocenters. The highest BCUT2D eigenvalue weighted by Crippen LogP contribution is 2.17. The van der Waals surface area contributed by atoms with E-state index in [1.165, 1.54) is 10.6 Å². The molecule has 0 aliphatic carbocycles. The van der Waals surface area contributed by atoms with Gasteiger partial charge in [0.2, 0.25) is 0 Å². The monoisotopic (exact) mass is 277 g/mol. The molecular formula is C15H23N3S. The Morgan fingerprint density at radius 2 is 2.21 bits per heavy atom. The van der Waals surface area contributed by atoms with Gasteiger partial charge in [0.15, 0.2) is 0 Å². The number of hydrogen-bond acceptors (Lipinski definition) is 3. The summed E-state index contributed by atoms with van der Waals surface area (Å²) in [6.45, 7) is 5.20. The maximum Gasteiger partial charge on any atom is 0.0928 e. The molecule has 0 radical (unpaired) electrons. The molecular weight excluding hydrogens is 254 g/mol. The molecule has 104 valence electrons. The number of hydrogen-bond donors (Lipinski definition) is 1. The molecule has 0 aliphatic rings. The number of nitrogens with zero attached hydrogens (tertiary/aromatic N) is 2. The van der Waals surface area contributed by atoms with Crippen molar-refractivity contribution in [3.8, 4) is 0 Å². The maximum absolute atomic E-state index is 6.13. The Morgan fingerprint density at radius 3 is 2.95 bits per heavy atom. The lowest BCUT2D eigenvalue weighted by molar-refractivity contribution is 0.635. The molecule has 0 bridgehead atoms. The standard InChI is InChI=1S/C15H23N3S/c1-3-5-14(16)12-7-8-18(9-12)10-13-11-19-15(17-13)6-4-2/h7-9,11,14H,3-6,10,16H2,1-2H3. The van der Waals surface area contributed by atoms with Crippen LogP contribution in [0.15, 0.2) is 23.8 Å². The fourth-order valence-corrected chi connectivity index (χ4v) is 3.08. The lowest BCUT2D eigenvalue weighted by Gasteiger charge is -2.07. The van der Waals surface area contributed by atoms with Crippen LogP contribution in [-0.2, 0) is 13.0 Å². The van der Waals surface area contributed by atoms with E-state index in [2.05, 4.69) is 47.2 Å². The Bertz CT molecular complexity index is 501. The van der Waals surface area contributed by atoms with E-state index in [9.17, 15) is 0 Å². The van der Waals surface area contributed by atoms with E-state index in [0.29, 0.717) is 0 Å². The first-order chi connectivity index (χ1) is 9.22. The van der Waals surface area contributed by atoms with Crippen molar-refractivity contribution in [3.63, 3.8) is 0 Å².